The Morgan fingerprint density at radius 1 is 0.663 bits per heavy atom. The van der Waals surface area contributed by atoms with Crippen molar-refractivity contribution in [1.29, 1.82) is 0 Å². The number of halogens is 3. The first-order valence-corrected chi connectivity index (χ1v) is 26.8. The molecule has 4 N–H and O–H groups in total. The van der Waals surface area contributed by atoms with Gasteiger partial charge in [-0.05, 0) is 76.8 Å². The maximum atomic E-state index is 14.6. The molecule has 3 aliphatic heterocycles. The van der Waals surface area contributed by atoms with E-state index >= 15 is 0 Å². The molecule has 3 fully saturated rings. The van der Waals surface area contributed by atoms with Crippen LogP contribution in [0.15, 0.2) is 148 Å². The lowest BCUT2D eigenvalue weighted by atomic mass is 9.90. The van der Waals surface area contributed by atoms with Crippen molar-refractivity contribution in [3.8, 4) is 0 Å². The van der Waals surface area contributed by atoms with E-state index in [2.05, 4.69) is 5.32 Å². The third kappa shape index (κ3) is 15.9. The molecule has 0 unspecified atom stereocenters. The van der Waals surface area contributed by atoms with Crippen molar-refractivity contribution in [3.05, 3.63) is 177 Å². The maximum Gasteiger partial charge on any atom is 0.471 e. The third-order valence-electron chi connectivity index (χ3n) is 13.5. The lowest BCUT2D eigenvalue weighted by Gasteiger charge is -2.47. The van der Waals surface area contributed by atoms with Gasteiger partial charge in [0.25, 0.3) is 11.5 Å². The van der Waals surface area contributed by atoms with E-state index in [0.717, 1.165) is 28.0 Å². The molecular formula is C59H67F3N6O15. The number of aromatic nitrogens is 2. The van der Waals surface area contributed by atoms with Crippen LogP contribution in [0.1, 0.15) is 81.2 Å². The van der Waals surface area contributed by atoms with Gasteiger partial charge in [0.05, 0.1) is 49.4 Å². The number of aliphatic imine (C=N–C) groups is 1. The first-order chi connectivity index (χ1) is 39.4. The Balaban J connectivity index is 1.26. The van der Waals surface area contributed by atoms with Gasteiger partial charge < -0.3 is 53.8 Å². The van der Waals surface area contributed by atoms with E-state index in [0.29, 0.717) is 10.3 Å². The van der Waals surface area contributed by atoms with Crippen LogP contribution >= 0.6 is 0 Å². The molecule has 444 valence electrons. The molecule has 0 saturated carbocycles. The van der Waals surface area contributed by atoms with Gasteiger partial charge in [0.1, 0.15) is 37.1 Å². The zero-order chi connectivity index (χ0) is 59.6. The first kappa shape index (κ1) is 61.3. The predicted molar refractivity (Wildman–Crippen MR) is 291 cm³/mol. The highest BCUT2D eigenvalue weighted by atomic mass is 19.4. The van der Waals surface area contributed by atoms with Crippen molar-refractivity contribution in [2.75, 3.05) is 13.2 Å². The lowest BCUT2D eigenvalue weighted by molar-refractivity contribution is -0.306. The molecule has 2 amide bonds. The molecule has 8 rings (SSSR count). The second-order valence-corrected chi connectivity index (χ2v) is 22.1. The fourth-order valence-electron chi connectivity index (χ4n) is 9.23. The summed E-state index contributed by atoms with van der Waals surface area (Å²) in [4.78, 5) is 93.3. The Hall–Kier alpha value is -7.74. The fraction of sp³-hybridized carbons (Fsp3) is 0.441. The van der Waals surface area contributed by atoms with Gasteiger partial charge in [-0.3, -0.25) is 33.9 Å². The number of nitrogens with one attached hydrogen (secondary N) is 2. The SMILES string of the molecule is CC(C)(C)C(=O)O[C@@H]1[C@@H]2O[C@H](COCc3ccccc3)[C@H](O[C@@H]3O[C@H](COCc4ccccc4)C[C@@H](NC(=O)C(F)(F)F)[C@H]3OC(=O)C(C)(C)C)[C@@H](N=C(N)NC(=O)c3ccccc3)[C@H]2O[C@H]1n1ccc(=O)n(OCc2ccccc2)c1=O. The van der Waals surface area contributed by atoms with E-state index in [4.69, 9.17) is 53.5 Å². The number of benzene rings is 4. The zero-order valence-electron chi connectivity index (χ0n) is 46.5. The number of carbonyl (C=O) groups is 4. The molecule has 0 radical (unpaired) electrons. The normalized spacial score (nSPS) is 24.7. The van der Waals surface area contributed by atoms with Gasteiger partial charge in [-0.2, -0.15) is 13.2 Å². The minimum absolute atomic E-state index is 0.0235. The summed E-state index contributed by atoms with van der Waals surface area (Å²) in [5.74, 6) is -5.27. The highest BCUT2D eigenvalue weighted by Crippen LogP contribution is 2.43. The largest absolute Gasteiger partial charge is 0.471 e. The average molecular weight is 1160 g/mol. The van der Waals surface area contributed by atoms with Gasteiger partial charge in [0.15, 0.2) is 30.7 Å². The quantitative estimate of drug-likeness (QED) is 0.0538. The van der Waals surface area contributed by atoms with Crippen molar-refractivity contribution in [2.24, 2.45) is 21.6 Å². The monoisotopic (exact) mass is 1160 g/mol. The molecular weight excluding hydrogens is 1090 g/mol. The molecule has 5 aromatic rings. The van der Waals surface area contributed by atoms with Gasteiger partial charge >= 0.3 is 29.7 Å². The molecule has 83 heavy (non-hydrogen) atoms. The summed E-state index contributed by atoms with van der Waals surface area (Å²) in [5, 5.41) is 4.56. The standard InChI is InChI=1S/C59H67F3N6O15/c1-57(2,3)53(72)82-44-40(64-52(71)59(60,61)62)29-39(33-75-30-35-19-11-7-12-20-35)78-51(44)81-45-41(34-76-31-36-21-13-8-14-22-36)79-47-46(43(45)65-55(63)66-49(70)38-25-17-10-18-26-38)80-50(48(47)83-54(73)58(4,5)6)67-28-27-42(69)68(56(67)74)77-32-37-23-15-9-16-24-37/h7-28,39-41,43-48,50-51H,29-34H2,1-6H3,(H,64,71)(H3,63,65,66,70)/t39-,40+,41+,43+,44+,45-,46+,47+,48+,50+,51-/m0/s1. The number of fused-ring (bicyclic) bond motifs is 1. The van der Waals surface area contributed by atoms with Crippen LogP contribution in [0, 0.1) is 10.8 Å². The van der Waals surface area contributed by atoms with Crippen molar-refractivity contribution in [3.63, 3.8) is 0 Å². The van der Waals surface area contributed by atoms with E-state index in [-0.39, 0.29) is 38.4 Å². The fourth-order valence-corrected chi connectivity index (χ4v) is 9.23. The summed E-state index contributed by atoms with van der Waals surface area (Å²) in [6.45, 7) is 8.42. The summed E-state index contributed by atoms with van der Waals surface area (Å²) in [7, 11) is 0. The van der Waals surface area contributed by atoms with Crippen LogP contribution in [0.5, 0.6) is 0 Å². The van der Waals surface area contributed by atoms with Crippen molar-refractivity contribution >= 4 is 29.7 Å². The van der Waals surface area contributed by atoms with Crippen LogP contribution < -0.4 is 32.5 Å². The Morgan fingerprint density at radius 2 is 1.19 bits per heavy atom. The molecule has 0 spiro atoms. The van der Waals surface area contributed by atoms with Gasteiger partial charge in [-0.15, -0.1) is 0 Å². The first-order valence-electron chi connectivity index (χ1n) is 26.8. The van der Waals surface area contributed by atoms with Crippen LogP contribution in [0.2, 0.25) is 0 Å². The Labute approximate surface area is 476 Å². The van der Waals surface area contributed by atoms with Crippen LogP contribution in [0.25, 0.3) is 0 Å². The Kier molecular flexibility index (Phi) is 19.7. The van der Waals surface area contributed by atoms with Gasteiger partial charge in [-0.1, -0.05) is 114 Å². The number of amides is 2. The number of ether oxygens (including phenoxy) is 8. The van der Waals surface area contributed by atoms with E-state index < -0.39 is 132 Å². The van der Waals surface area contributed by atoms with E-state index in [9.17, 15) is 41.9 Å². The number of alkyl halides is 3. The highest BCUT2D eigenvalue weighted by molar-refractivity contribution is 6.05. The number of guanidine groups is 1. The van der Waals surface area contributed by atoms with E-state index in [1.807, 2.05) is 5.32 Å². The molecule has 21 nitrogen and oxygen atoms in total. The topological polar surface area (TPSA) is 258 Å². The second-order valence-electron chi connectivity index (χ2n) is 22.1. The molecule has 24 heteroatoms. The summed E-state index contributed by atoms with van der Waals surface area (Å²) in [5.41, 5.74) is 4.55. The van der Waals surface area contributed by atoms with Crippen molar-refractivity contribution in [1.82, 2.24) is 19.9 Å². The minimum Gasteiger partial charge on any atom is -0.454 e. The molecule has 11 atom stereocenters. The molecule has 0 aliphatic carbocycles. The van der Waals surface area contributed by atoms with E-state index in [1.54, 1.807) is 130 Å². The van der Waals surface area contributed by atoms with Gasteiger partial charge in [0, 0.05) is 17.8 Å². The summed E-state index contributed by atoms with van der Waals surface area (Å²) in [6.07, 6.45) is -18.8. The second kappa shape index (κ2) is 26.7. The van der Waals surface area contributed by atoms with Crippen molar-refractivity contribution < 1.29 is 75.1 Å². The number of esters is 2. The van der Waals surface area contributed by atoms with E-state index in [1.165, 1.54) is 32.9 Å². The lowest BCUT2D eigenvalue weighted by Crippen LogP contribution is -2.65. The van der Waals surface area contributed by atoms with Crippen LogP contribution in [-0.4, -0.2) is 120 Å². The predicted octanol–water partition coefficient (Wildman–Crippen LogP) is 5.31. The minimum atomic E-state index is -5.39. The number of nitrogens with two attached hydrogens (primary N) is 1. The summed E-state index contributed by atoms with van der Waals surface area (Å²) >= 11 is 0. The van der Waals surface area contributed by atoms with Gasteiger partial charge in [0.2, 0.25) is 0 Å². The average Bonchev–Trinajstić information content (AvgIpc) is 3.88. The van der Waals surface area contributed by atoms with Crippen LogP contribution in [-0.2, 0) is 72.1 Å². The number of hydrogen-bond acceptors (Lipinski definition) is 16. The molecule has 3 aliphatic rings. The smallest absolute Gasteiger partial charge is 0.454 e. The Bertz CT molecular complexity index is 3160. The number of rotatable bonds is 19. The van der Waals surface area contributed by atoms with Crippen molar-refractivity contribution in [2.45, 2.75) is 141 Å². The number of hydrogen-bond donors (Lipinski definition) is 3. The molecule has 3 saturated heterocycles. The molecule has 1 aromatic heterocycles. The summed E-state index contributed by atoms with van der Waals surface area (Å²) < 4.78 is 96.0. The highest BCUT2D eigenvalue weighted by Gasteiger charge is 2.61. The van der Waals surface area contributed by atoms with Crippen LogP contribution in [0.3, 0.4) is 0 Å². The molecule has 4 aromatic carbocycles. The zero-order valence-corrected chi connectivity index (χ0v) is 46.5. The third-order valence-corrected chi connectivity index (χ3v) is 13.5. The maximum absolute atomic E-state index is 14.6. The van der Waals surface area contributed by atoms with Crippen LogP contribution in [0.4, 0.5) is 13.2 Å². The van der Waals surface area contributed by atoms with Gasteiger partial charge in [-0.25, -0.2) is 9.79 Å². The Morgan fingerprint density at radius 3 is 1.75 bits per heavy atom. The molecule has 0 bridgehead atoms. The number of carbonyl (C=O) groups excluding carboxylic acids is 4. The number of nitrogens with zero attached hydrogens (tertiary/aromatic N) is 3. The summed E-state index contributed by atoms with van der Waals surface area (Å²) in [6, 6.07) is 32.4. The molecule has 4 heterocycles.